The van der Waals surface area contributed by atoms with Crippen LogP contribution in [0.15, 0.2) is 41.1 Å². The Morgan fingerprint density at radius 2 is 1.96 bits per heavy atom. The summed E-state index contributed by atoms with van der Waals surface area (Å²) < 4.78 is 12.1. The highest BCUT2D eigenvalue weighted by atomic mass is 32.1. The lowest BCUT2D eigenvalue weighted by Gasteiger charge is -2.21. The highest BCUT2D eigenvalue weighted by Gasteiger charge is 2.44. The Morgan fingerprint density at radius 1 is 1.12 bits per heavy atom. The molecule has 3 aromatic rings. The van der Waals surface area contributed by atoms with Gasteiger partial charge in [0.25, 0.3) is 11.7 Å². The van der Waals surface area contributed by atoms with Crippen LogP contribution in [0.5, 0.6) is 11.5 Å². The molecule has 132 valence electrons. The molecule has 0 unspecified atom stereocenters. The van der Waals surface area contributed by atoms with E-state index in [4.69, 9.17) is 9.47 Å². The molecule has 0 bridgehead atoms. The Balaban J connectivity index is 1.32. The van der Waals surface area contributed by atoms with Crippen molar-refractivity contribution in [3.8, 4) is 21.4 Å². The Bertz CT molecular complexity index is 959. The van der Waals surface area contributed by atoms with Crippen molar-refractivity contribution in [2.75, 3.05) is 5.32 Å². The average molecular weight is 384 g/mol. The highest BCUT2D eigenvalue weighted by molar-refractivity contribution is 7.20. The molecule has 0 saturated heterocycles. The number of nitrogens with one attached hydrogen (secondary N) is 1. The third-order valence-electron chi connectivity index (χ3n) is 4.63. The summed E-state index contributed by atoms with van der Waals surface area (Å²) in [5.74, 6) is 0.731. The second-order valence-corrected chi connectivity index (χ2v) is 8.26. The van der Waals surface area contributed by atoms with Crippen molar-refractivity contribution in [1.82, 2.24) is 4.98 Å². The maximum absolute atomic E-state index is 12.5. The molecule has 0 radical (unpaired) electrons. The van der Waals surface area contributed by atoms with Crippen LogP contribution in [-0.2, 0) is 0 Å². The molecule has 1 aliphatic carbocycles. The number of anilines is 1. The van der Waals surface area contributed by atoms with E-state index in [0.717, 1.165) is 41.3 Å². The van der Waals surface area contributed by atoms with Gasteiger partial charge in [0.15, 0.2) is 11.5 Å². The van der Waals surface area contributed by atoms with Crippen LogP contribution in [0.3, 0.4) is 0 Å². The van der Waals surface area contributed by atoms with Gasteiger partial charge in [0.05, 0.1) is 4.88 Å². The number of aromatic nitrogens is 1. The van der Waals surface area contributed by atoms with Gasteiger partial charge >= 0.3 is 0 Å². The average Bonchev–Trinajstić information content (AvgIpc) is 3.42. The number of hydrogen-bond acceptors (Lipinski definition) is 6. The molecule has 7 heteroatoms. The quantitative estimate of drug-likeness (QED) is 0.677. The number of carbonyl (C=O) groups is 1. The summed E-state index contributed by atoms with van der Waals surface area (Å²) >= 11 is 3.09. The van der Waals surface area contributed by atoms with E-state index in [1.165, 1.54) is 11.3 Å². The van der Waals surface area contributed by atoms with E-state index in [2.05, 4.69) is 10.3 Å². The molecule has 1 aromatic carbocycles. The van der Waals surface area contributed by atoms with Gasteiger partial charge in [-0.1, -0.05) is 6.07 Å². The van der Waals surface area contributed by atoms with E-state index in [9.17, 15) is 4.79 Å². The molecular formula is C19H16N2O3S2. The molecule has 1 N–H and O–H groups in total. The van der Waals surface area contributed by atoms with Gasteiger partial charge in [-0.05, 0) is 36.4 Å². The van der Waals surface area contributed by atoms with Crippen molar-refractivity contribution in [2.24, 2.45) is 0 Å². The SMILES string of the molecule is O=C(Nc1ccc2c(c1)OC1(CCCC1)O2)c1csc(-c2cccs2)n1. The Kier molecular flexibility index (Phi) is 3.72. The van der Waals surface area contributed by atoms with Gasteiger partial charge < -0.3 is 14.8 Å². The molecule has 1 aliphatic heterocycles. The number of thiophene rings is 1. The second-order valence-electron chi connectivity index (χ2n) is 6.45. The number of ether oxygens (including phenoxy) is 2. The molecule has 2 aromatic heterocycles. The van der Waals surface area contributed by atoms with Gasteiger partial charge in [-0.15, -0.1) is 22.7 Å². The van der Waals surface area contributed by atoms with Gasteiger partial charge in [-0.3, -0.25) is 4.79 Å². The summed E-state index contributed by atoms with van der Waals surface area (Å²) in [7, 11) is 0. The molecule has 1 fully saturated rings. The summed E-state index contributed by atoms with van der Waals surface area (Å²) in [5.41, 5.74) is 1.10. The predicted molar refractivity (Wildman–Crippen MR) is 102 cm³/mol. The zero-order valence-corrected chi connectivity index (χ0v) is 15.5. The van der Waals surface area contributed by atoms with Crippen LogP contribution < -0.4 is 14.8 Å². The third-order valence-corrected chi connectivity index (χ3v) is 6.51. The van der Waals surface area contributed by atoms with Gasteiger partial charge in [0.2, 0.25) is 0 Å². The molecule has 1 saturated carbocycles. The number of amides is 1. The summed E-state index contributed by atoms with van der Waals surface area (Å²) in [4.78, 5) is 18.0. The molecule has 0 atom stereocenters. The third kappa shape index (κ3) is 2.77. The first-order valence-electron chi connectivity index (χ1n) is 8.54. The van der Waals surface area contributed by atoms with E-state index in [1.807, 2.05) is 35.7 Å². The van der Waals surface area contributed by atoms with Gasteiger partial charge in [0, 0.05) is 30.0 Å². The number of carbonyl (C=O) groups excluding carboxylic acids is 1. The standard InChI is InChI=1S/C19H16N2O3S2/c22-17(13-11-26-18(21-13)16-4-3-9-25-16)20-12-5-6-14-15(10-12)24-19(23-14)7-1-2-8-19/h3-6,9-11H,1-2,7-8H2,(H,20,22). The molecule has 5 nitrogen and oxygen atoms in total. The second kappa shape index (κ2) is 6.10. The van der Waals surface area contributed by atoms with E-state index in [0.29, 0.717) is 17.1 Å². The first-order chi connectivity index (χ1) is 12.7. The van der Waals surface area contributed by atoms with Crippen molar-refractivity contribution in [2.45, 2.75) is 31.5 Å². The Hall–Kier alpha value is -2.38. The fourth-order valence-corrected chi connectivity index (χ4v) is 4.99. The lowest BCUT2D eigenvalue weighted by atomic mass is 10.2. The Labute approximate surface area is 158 Å². The monoisotopic (exact) mass is 384 g/mol. The largest absolute Gasteiger partial charge is 0.448 e. The molecule has 3 heterocycles. The van der Waals surface area contributed by atoms with Crippen molar-refractivity contribution in [3.63, 3.8) is 0 Å². The fraction of sp³-hybridized carbons (Fsp3) is 0.263. The smallest absolute Gasteiger partial charge is 0.275 e. The predicted octanol–water partition coefficient (Wildman–Crippen LogP) is 5.17. The summed E-state index contributed by atoms with van der Waals surface area (Å²) in [6, 6.07) is 9.50. The number of rotatable bonds is 3. The fourth-order valence-electron chi connectivity index (χ4n) is 3.38. The minimum Gasteiger partial charge on any atom is -0.448 e. The van der Waals surface area contributed by atoms with Crippen LogP contribution in [0.1, 0.15) is 36.2 Å². The number of nitrogens with zero attached hydrogens (tertiary/aromatic N) is 1. The van der Waals surface area contributed by atoms with E-state index in [1.54, 1.807) is 16.7 Å². The van der Waals surface area contributed by atoms with E-state index >= 15 is 0 Å². The van der Waals surface area contributed by atoms with Gasteiger partial charge in [-0.25, -0.2) is 4.98 Å². The maximum atomic E-state index is 12.5. The number of fused-ring (bicyclic) bond motifs is 1. The summed E-state index contributed by atoms with van der Waals surface area (Å²) in [6.45, 7) is 0. The highest BCUT2D eigenvalue weighted by Crippen LogP contribution is 2.47. The molecule has 5 rings (SSSR count). The van der Waals surface area contributed by atoms with E-state index < -0.39 is 5.79 Å². The van der Waals surface area contributed by atoms with Crippen molar-refractivity contribution < 1.29 is 14.3 Å². The normalized spacial score (nSPS) is 16.9. The van der Waals surface area contributed by atoms with Crippen LogP contribution >= 0.6 is 22.7 Å². The molecular weight excluding hydrogens is 368 g/mol. The van der Waals surface area contributed by atoms with Gasteiger partial charge in [-0.2, -0.15) is 0 Å². The first-order valence-corrected chi connectivity index (χ1v) is 10.3. The number of hydrogen-bond donors (Lipinski definition) is 1. The molecule has 1 spiro atoms. The topological polar surface area (TPSA) is 60.5 Å². The van der Waals surface area contributed by atoms with Crippen LogP contribution in [0, 0.1) is 0 Å². The number of thiazole rings is 1. The van der Waals surface area contributed by atoms with Crippen molar-refractivity contribution in [3.05, 3.63) is 46.8 Å². The van der Waals surface area contributed by atoms with Crippen LogP contribution in [0.4, 0.5) is 5.69 Å². The van der Waals surface area contributed by atoms with Crippen molar-refractivity contribution in [1.29, 1.82) is 0 Å². The van der Waals surface area contributed by atoms with Crippen LogP contribution in [0.25, 0.3) is 9.88 Å². The lowest BCUT2D eigenvalue weighted by molar-refractivity contribution is -0.0716. The van der Waals surface area contributed by atoms with E-state index in [-0.39, 0.29) is 5.91 Å². The molecule has 26 heavy (non-hydrogen) atoms. The molecule has 2 aliphatic rings. The lowest BCUT2D eigenvalue weighted by Crippen LogP contribution is -2.34. The summed E-state index contributed by atoms with van der Waals surface area (Å²) in [5, 5.41) is 7.54. The van der Waals surface area contributed by atoms with Crippen LogP contribution in [-0.4, -0.2) is 16.7 Å². The van der Waals surface area contributed by atoms with Gasteiger partial charge in [0.1, 0.15) is 10.7 Å². The molecule has 1 amide bonds. The van der Waals surface area contributed by atoms with Crippen molar-refractivity contribution >= 4 is 34.3 Å². The number of benzene rings is 1. The minimum absolute atomic E-state index is 0.224. The minimum atomic E-state index is -0.491. The summed E-state index contributed by atoms with van der Waals surface area (Å²) in [6.07, 6.45) is 4.06. The zero-order chi connectivity index (χ0) is 17.6. The maximum Gasteiger partial charge on any atom is 0.275 e. The first kappa shape index (κ1) is 15.8. The van der Waals surface area contributed by atoms with Crippen LogP contribution in [0.2, 0.25) is 0 Å². The Morgan fingerprint density at radius 3 is 2.77 bits per heavy atom. The zero-order valence-electron chi connectivity index (χ0n) is 13.9.